The van der Waals surface area contributed by atoms with Crippen molar-refractivity contribution in [3.63, 3.8) is 0 Å². The summed E-state index contributed by atoms with van der Waals surface area (Å²) in [5.74, 6) is 0.616. The summed E-state index contributed by atoms with van der Waals surface area (Å²) in [7, 11) is 0. The zero-order chi connectivity index (χ0) is 35.7. The molecule has 1 aliphatic rings. The smallest absolute Gasteiger partial charge is 0.315 e. The number of hydrogen-bond acceptors (Lipinski definition) is 8. The monoisotopic (exact) mass is 712 g/mol. The Morgan fingerprint density at radius 2 is 1.44 bits per heavy atom. The number of tetrazole rings is 1. The van der Waals surface area contributed by atoms with Gasteiger partial charge in [0.25, 0.3) is 0 Å². The van der Waals surface area contributed by atoms with Crippen LogP contribution in [0.25, 0.3) is 16.8 Å². The van der Waals surface area contributed by atoms with Crippen molar-refractivity contribution >= 4 is 17.8 Å². The van der Waals surface area contributed by atoms with Crippen molar-refractivity contribution < 1.29 is 19.4 Å². The molecule has 264 valence electrons. The third-order valence-corrected chi connectivity index (χ3v) is 10.2. The SMILES string of the molecule is CC1C(CSc2nnnn2-c2ccccc2)OC(c2ccc(-c3ccccc3CNC(=O)NCc3ccccc3)cc2)OC1c1ccc(CO)cc1. The van der Waals surface area contributed by atoms with E-state index in [1.165, 1.54) is 0 Å². The Kier molecular flexibility index (Phi) is 11.3. The third-order valence-electron chi connectivity index (χ3n) is 9.19. The molecule has 10 nitrogen and oxygen atoms in total. The number of ether oxygens (including phenoxy) is 2. The largest absolute Gasteiger partial charge is 0.392 e. The average Bonchev–Trinajstić information content (AvgIpc) is 3.69. The number of nitrogens with one attached hydrogen (secondary N) is 2. The van der Waals surface area contributed by atoms with Gasteiger partial charge < -0.3 is 25.2 Å². The first-order valence-electron chi connectivity index (χ1n) is 17.3. The second-order valence-electron chi connectivity index (χ2n) is 12.6. The summed E-state index contributed by atoms with van der Waals surface area (Å²) >= 11 is 1.55. The molecule has 2 heterocycles. The van der Waals surface area contributed by atoms with E-state index in [0.717, 1.165) is 44.6 Å². The topological polar surface area (TPSA) is 123 Å². The fourth-order valence-electron chi connectivity index (χ4n) is 6.26. The number of nitrogens with zero attached hydrogens (tertiary/aromatic N) is 4. The molecule has 7 rings (SSSR count). The molecule has 4 atom stereocenters. The van der Waals surface area contributed by atoms with E-state index in [-0.39, 0.29) is 30.8 Å². The number of hydrogen-bond donors (Lipinski definition) is 3. The number of aromatic nitrogens is 4. The molecule has 52 heavy (non-hydrogen) atoms. The highest BCUT2D eigenvalue weighted by molar-refractivity contribution is 7.99. The van der Waals surface area contributed by atoms with E-state index < -0.39 is 6.29 Å². The molecule has 4 unspecified atom stereocenters. The lowest BCUT2D eigenvalue weighted by Gasteiger charge is -2.41. The quantitative estimate of drug-likeness (QED) is 0.112. The second-order valence-corrected chi connectivity index (χ2v) is 13.6. The molecule has 0 radical (unpaired) electrons. The van der Waals surface area contributed by atoms with E-state index in [2.05, 4.69) is 51.3 Å². The van der Waals surface area contributed by atoms with Crippen LogP contribution in [0.15, 0.2) is 139 Å². The zero-order valence-electron chi connectivity index (χ0n) is 28.7. The summed E-state index contributed by atoms with van der Waals surface area (Å²) in [6.07, 6.45) is -1.05. The van der Waals surface area contributed by atoms with Crippen LogP contribution in [0.3, 0.4) is 0 Å². The van der Waals surface area contributed by atoms with Gasteiger partial charge in [0.05, 0.1) is 24.5 Å². The summed E-state index contributed by atoms with van der Waals surface area (Å²) in [5.41, 5.74) is 7.75. The number of benzene rings is 5. The lowest BCUT2D eigenvalue weighted by Crippen LogP contribution is -2.38. The average molecular weight is 713 g/mol. The minimum absolute atomic E-state index is 0.00771. The molecule has 0 aliphatic carbocycles. The van der Waals surface area contributed by atoms with E-state index >= 15 is 0 Å². The van der Waals surface area contributed by atoms with Gasteiger partial charge in [0, 0.05) is 30.3 Å². The minimum atomic E-state index is -0.617. The Morgan fingerprint density at radius 3 is 2.19 bits per heavy atom. The number of rotatable bonds is 12. The molecule has 1 aliphatic heterocycles. The van der Waals surface area contributed by atoms with Crippen molar-refractivity contribution in [1.29, 1.82) is 0 Å². The Bertz CT molecular complexity index is 2040. The molecule has 0 bridgehead atoms. The van der Waals surface area contributed by atoms with Crippen LogP contribution in [0, 0.1) is 5.92 Å². The van der Waals surface area contributed by atoms with Gasteiger partial charge in [0.1, 0.15) is 0 Å². The highest BCUT2D eigenvalue weighted by Gasteiger charge is 2.38. The summed E-state index contributed by atoms with van der Waals surface area (Å²) in [5, 5.41) is 28.7. The number of urea groups is 1. The molecular formula is C41H40N6O4S. The Morgan fingerprint density at radius 1 is 0.769 bits per heavy atom. The van der Waals surface area contributed by atoms with Crippen molar-refractivity contribution in [2.75, 3.05) is 5.75 Å². The normalized spacial score (nSPS) is 18.5. The van der Waals surface area contributed by atoms with Gasteiger partial charge in [-0.05, 0) is 55.9 Å². The first-order chi connectivity index (χ1) is 25.6. The van der Waals surface area contributed by atoms with Gasteiger partial charge in [-0.1, -0.05) is 140 Å². The first kappa shape index (κ1) is 35.1. The molecule has 0 saturated carbocycles. The molecule has 0 spiro atoms. The van der Waals surface area contributed by atoms with Crippen LogP contribution in [0.1, 0.15) is 47.1 Å². The van der Waals surface area contributed by atoms with Gasteiger partial charge in [0.15, 0.2) is 6.29 Å². The molecule has 5 aromatic carbocycles. The van der Waals surface area contributed by atoms with Crippen LogP contribution < -0.4 is 10.6 Å². The van der Waals surface area contributed by atoms with Gasteiger partial charge >= 0.3 is 6.03 Å². The van der Waals surface area contributed by atoms with Crippen molar-refractivity contribution in [3.05, 3.63) is 161 Å². The minimum Gasteiger partial charge on any atom is -0.392 e. The van der Waals surface area contributed by atoms with Crippen molar-refractivity contribution in [2.24, 2.45) is 5.92 Å². The second kappa shape index (κ2) is 16.8. The maximum atomic E-state index is 12.6. The molecule has 3 N–H and O–H groups in total. The van der Waals surface area contributed by atoms with Gasteiger partial charge in [-0.3, -0.25) is 0 Å². The van der Waals surface area contributed by atoms with Crippen LogP contribution >= 0.6 is 11.8 Å². The molecule has 1 saturated heterocycles. The van der Waals surface area contributed by atoms with Crippen molar-refractivity contribution in [1.82, 2.24) is 30.8 Å². The van der Waals surface area contributed by atoms with Crippen LogP contribution in [0.5, 0.6) is 0 Å². The fourth-order valence-corrected chi connectivity index (χ4v) is 7.31. The summed E-state index contributed by atoms with van der Waals surface area (Å²) < 4.78 is 15.1. The molecule has 2 amide bonds. The fraction of sp³-hybridized carbons (Fsp3) is 0.220. The summed E-state index contributed by atoms with van der Waals surface area (Å²) in [6, 6.07) is 43.6. The molecule has 6 aromatic rings. The standard InChI is InChI=1S/C41H40N6O4S/c1-28-37(27-52-41-44-45-46-47(41)35-13-6-3-7-14-35)50-39(51-38(28)32-18-16-30(26-48)17-19-32)33-22-20-31(21-23-33)36-15-9-8-12-34(36)25-43-40(49)42-24-29-10-4-2-5-11-29/h2-23,28,37-39,48H,24-27H2,1H3,(H2,42,43,49). The van der Waals surface area contributed by atoms with Crippen molar-refractivity contribution in [3.8, 4) is 16.8 Å². The van der Waals surface area contributed by atoms with Gasteiger partial charge in [0.2, 0.25) is 5.16 Å². The van der Waals surface area contributed by atoms with Gasteiger partial charge in [-0.2, -0.15) is 4.68 Å². The number of aliphatic hydroxyl groups is 1. The lowest BCUT2D eigenvalue weighted by atomic mass is 9.91. The Labute approximate surface area is 307 Å². The maximum absolute atomic E-state index is 12.6. The number of para-hydroxylation sites is 1. The van der Waals surface area contributed by atoms with Crippen LogP contribution in [-0.4, -0.2) is 43.2 Å². The van der Waals surface area contributed by atoms with Gasteiger partial charge in [-0.15, -0.1) is 5.10 Å². The number of thioether (sulfide) groups is 1. The molecular weight excluding hydrogens is 673 g/mol. The third kappa shape index (κ3) is 8.41. The number of carbonyl (C=O) groups excluding carboxylic acids is 1. The summed E-state index contributed by atoms with van der Waals surface area (Å²) in [6.45, 7) is 2.97. The molecule has 11 heteroatoms. The highest BCUT2D eigenvalue weighted by atomic mass is 32.2. The number of amides is 2. The van der Waals surface area contributed by atoms with Crippen LogP contribution in [-0.2, 0) is 29.2 Å². The van der Waals surface area contributed by atoms with Crippen LogP contribution in [0.4, 0.5) is 4.79 Å². The molecule has 1 fully saturated rings. The first-order valence-corrected chi connectivity index (χ1v) is 18.3. The van der Waals surface area contributed by atoms with E-state index in [9.17, 15) is 9.90 Å². The lowest BCUT2D eigenvalue weighted by molar-refractivity contribution is -0.268. The Hall–Kier alpha value is -5.33. The predicted molar refractivity (Wildman–Crippen MR) is 200 cm³/mol. The maximum Gasteiger partial charge on any atom is 0.315 e. The zero-order valence-corrected chi connectivity index (χ0v) is 29.5. The van der Waals surface area contributed by atoms with Crippen molar-refractivity contribution in [2.45, 2.75) is 50.3 Å². The predicted octanol–water partition coefficient (Wildman–Crippen LogP) is 7.40. The van der Waals surface area contributed by atoms with Gasteiger partial charge in [-0.25, -0.2) is 4.79 Å². The number of aliphatic hydroxyl groups excluding tert-OH is 1. The van der Waals surface area contributed by atoms with Crippen LogP contribution in [0.2, 0.25) is 0 Å². The number of carbonyl (C=O) groups is 1. The Balaban J connectivity index is 1.07. The summed E-state index contributed by atoms with van der Waals surface area (Å²) in [4.78, 5) is 12.6. The van der Waals surface area contributed by atoms with E-state index in [1.54, 1.807) is 16.4 Å². The molecule has 1 aromatic heterocycles. The van der Waals surface area contributed by atoms with E-state index in [0.29, 0.717) is 24.0 Å². The van der Waals surface area contributed by atoms with E-state index in [1.807, 2.05) is 115 Å². The van der Waals surface area contributed by atoms with E-state index in [4.69, 9.17) is 9.47 Å². The highest BCUT2D eigenvalue weighted by Crippen LogP contribution is 2.43.